The second kappa shape index (κ2) is 12.3. The van der Waals surface area contributed by atoms with Gasteiger partial charge < -0.3 is 25.6 Å². The molecular weight excluding hydrogens is 595 g/mol. The molecule has 9 nitrogen and oxygen atoms in total. The Kier molecular flexibility index (Phi) is 8.22. The summed E-state index contributed by atoms with van der Waals surface area (Å²) in [7, 11) is 3.67. The van der Waals surface area contributed by atoms with Gasteiger partial charge in [0, 0.05) is 60.8 Å². The number of carbonyl (C=O) groups excluding carboxylic acids is 1. The van der Waals surface area contributed by atoms with Crippen LogP contribution in [0.5, 0.6) is 5.75 Å². The number of aryl methyl sites for hydroxylation is 1. The van der Waals surface area contributed by atoms with Gasteiger partial charge in [0.25, 0.3) is 5.91 Å². The highest BCUT2D eigenvalue weighted by atomic mass is 19.4. The van der Waals surface area contributed by atoms with Gasteiger partial charge in [0.15, 0.2) is 0 Å². The highest BCUT2D eigenvalue weighted by Gasteiger charge is 2.30. The Hall–Kier alpha value is -5.23. The molecule has 0 unspecified atom stereocenters. The Balaban J connectivity index is 1.45. The molecule has 1 fully saturated rings. The number of pyridine rings is 1. The Morgan fingerprint density at radius 3 is 2.50 bits per heavy atom. The van der Waals surface area contributed by atoms with E-state index in [0.29, 0.717) is 33.3 Å². The summed E-state index contributed by atoms with van der Waals surface area (Å²) in [4.78, 5) is 31.3. The van der Waals surface area contributed by atoms with E-state index in [0.717, 1.165) is 55.3 Å². The molecule has 0 bridgehead atoms. The van der Waals surface area contributed by atoms with E-state index in [9.17, 15) is 18.0 Å². The first-order valence-corrected chi connectivity index (χ1v) is 14.6. The number of ether oxygens (including phenoxy) is 1. The average molecular weight is 628 g/mol. The van der Waals surface area contributed by atoms with Crippen LogP contribution in [-0.2, 0) is 6.18 Å². The molecule has 0 atom stereocenters. The van der Waals surface area contributed by atoms with Gasteiger partial charge in [-0.2, -0.15) is 13.2 Å². The SMILES string of the molecule is COc1c(-c2cc(C(=O)Nc3cccc(C(F)(F)F)c3)ccc2C)cc2cnc(N)nc2c1-c1ccnc(N2CCN(C)CC2)c1. The third-order valence-corrected chi connectivity index (χ3v) is 8.15. The second-order valence-corrected chi connectivity index (χ2v) is 11.3. The van der Waals surface area contributed by atoms with Crippen LogP contribution in [0.25, 0.3) is 33.2 Å². The zero-order chi connectivity index (χ0) is 32.6. The van der Waals surface area contributed by atoms with Crippen molar-refractivity contribution in [2.24, 2.45) is 0 Å². The second-order valence-electron chi connectivity index (χ2n) is 11.3. The highest BCUT2D eigenvalue weighted by molar-refractivity contribution is 6.07. The number of hydrogen-bond donors (Lipinski definition) is 2. The van der Waals surface area contributed by atoms with Crippen molar-refractivity contribution in [2.75, 3.05) is 56.3 Å². The van der Waals surface area contributed by atoms with Gasteiger partial charge in [-0.3, -0.25) is 4.79 Å². The van der Waals surface area contributed by atoms with Gasteiger partial charge in [-0.15, -0.1) is 0 Å². The fourth-order valence-corrected chi connectivity index (χ4v) is 5.67. The van der Waals surface area contributed by atoms with Crippen molar-refractivity contribution in [2.45, 2.75) is 13.1 Å². The van der Waals surface area contributed by atoms with Gasteiger partial charge in [0.2, 0.25) is 5.95 Å². The van der Waals surface area contributed by atoms with E-state index >= 15 is 0 Å². The number of amides is 1. The number of piperazine rings is 1. The minimum atomic E-state index is -4.53. The third-order valence-electron chi connectivity index (χ3n) is 8.15. The van der Waals surface area contributed by atoms with Crippen molar-refractivity contribution in [3.63, 3.8) is 0 Å². The van der Waals surface area contributed by atoms with E-state index in [1.54, 1.807) is 37.7 Å². The number of benzene rings is 3. The van der Waals surface area contributed by atoms with Crippen molar-refractivity contribution in [1.29, 1.82) is 0 Å². The number of methoxy groups -OCH3 is 1. The maximum Gasteiger partial charge on any atom is 0.416 e. The molecule has 3 heterocycles. The molecule has 3 aromatic carbocycles. The molecule has 1 aliphatic heterocycles. The number of rotatable bonds is 6. The number of alkyl halides is 3. The van der Waals surface area contributed by atoms with Gasteiger partial charge in [0.05, 0.1) is 23.8 Å². The smallest absolute Gasteiger partial charge is 0.416 e. The number of nitrogens with two attached hydrogens (primary N) is 1. The molecule has 3 N–H and O–H groups in total. The van der Waals surface area contributed by atoms with E-state index < -0.39 is 17.6 Å². The van der Waals surface area contributed by atoms with Crippen LogP contribution < -0.4 is 20.7 Å². The number of hydrogen-bond acceptors (Lipinski definition) is 8. The molecule has 5 aromatic rings. The van der Waals surface area contributed by atoms with Crippen LogP contribution in [0.2, 0.25) is 0 Å². The summed E-state index contributed by atoms with van der Waals surface area (Å²) in [5.74, 6) is 0.904. The molecule has 0 aliphatic carbocycles. The number of anilines is 3. The quantitative estimate of drug-likeness (QED) is 0.227. The van der Waals surface area contributed by atoms with Gasteiger partial charge in [-0.05, 0) is 79.2 Å². The summed E-state index contributed by atoms with van der Waals surface area (Å²) < 4.78 is 45.8. The van der Waals surface area contributed by atoms with Gasteiger partial charge in [-0.1, -0.05) is 12.1 Å². The van der Waals surface area contributed by atoms with E-state index in [-0.39, 0.29) is 17.2 Å². The minimum absolute atomic E-state index is 0.0381. The first kappa shape index (κ1) is 30.8. The van der Waals surface area contributed by atoms with E-state index in [4.69, 9.17) is 10.5 Å². The van der Waals surface area contributed by atoms with Gasteiger partial charge in [-0.25, -0.2) is 15.0 Å². The Morgan fingerprint density at radius 1 is 0.978 bits per heavy atom. The summed E-state index contributed by atoms with van der Waals surface area (Å²) in [6.07, 6.45) is -1.13. The van der Waals surface area contributed by atoms with Crippen LogP contribution in [0, 0.1) is 6.92 Å². The third kappa shape index (κ3) is 6.16. The van der Waals surface area contributed by atoms with Crippen LogP contribution in [-0.4, -0.2) is 66.1 Å². The number of nitrogens with one attached hydrogen (secondary N) is 1. The molecule has 12 heteroatoms. The average Bonchev–Trinajstić information content (AvgIpc) is 3.04. The van der Waals surface area contributed by atoms with Crippen molar-refractivity contribution in [3.8, 4) is 28.0 Å². The van der Waals surface area contributed by atoms with Crippen molar-refractivity contribution in [1.82, 2.24) is 19.9 Å². The lowest BCUT2D eigenvalue weighted by molar-refractivity contribution is -0.137. The maximum atomic E-state index is 13.3. The first-order chi connectivity index (χ1) is 22.0. The van der Waals surface area contributed by atoms with Crippen LogP contribution in [0.15, 0.2) is 73.1 Å². The number of nitrogen functional groups attached to an aromatic ring is 1. The lowest BCUT2D eigenvalue weighted by atomic mass is 9.91. The molecular formula is C34H32F3N7O2. The molecule has 1 aliphatic rings. The Labute approximate surface area is 263 Å². The standard InChI is InChI=1S/C34H32F3N7O2/c1-20-7-8-22(32(45)41-25-6-4-5-24(18-25)34(35,36)37)15-26(20)27-16-23-19-40-33(38)42-30(23)29(31(27)46-3)21-9-10-39-28(17-21)44-13-11-43(2)12-14-44/h4-10,15-19H,11-14H2,1-3H3,(H,41,45)(H2,38,40,42). The maximum absolute atomic E-state index is 13.3. The van der Waals surface area contributed by atoms with Crippen molar-refractivity contribution in [3.05, 3.63) is 89.7 Å². The topological polar surface area (TPSA) is 109 Å². The zero-order valence-electron chi connectivity index (χ0n) is 25.5. The molecule has 6 rings (SSSR count). The fourth-order valence-electron chi connectivity index (χ4n) is 5.67. The molecule has 0 radical (unpaired) electrons. The zero-order valence-corrected chi connectivity index (χ0v) is 25.5. The van der Waals surface area contributed by atoms with Crippen molar-refractivity contribution < 1.29 is 22.7 Å². The lowest BCUT2D eigenvalue weighted by Gasteiger charge is -2.33. The highest BCUT2D eigenvalue weighted by Crippen LogP contribution is 2.45. The predicted molar refractivity (Wildman–Crippen MR) is 173 cm³/mol. The fraction of sp³-hybridized carbons (Fsp3) is 0.235. The van der Waals surface area contributed by atoms with Gasteiger partial charge >= 0.3 is 6.18 Å². The number of aromatic nitrogens is 3. The van der Waals surface area contributed by atoms with Crippen LogP contribution in [0.1, 0.15) is 21.5 Å². The summed E-state index contributed by atoms with van der Waals surface area (Å²) in [6, 6.07) is 15.4. The van der Waals surface area contributed by atoms with Crippen LogP contribution >= 0.6 is 0 Å². The molecule has 0 saturated carbocycles. The lowest BCUT2D eigenvalue weighted by Crippen LogP contribution is -2.44. The van der Waals surface area contributed by atoms with E-state index in [1.807, 2.05) is 25.1 Å². The number of carbonyl (C=O) groups is 1. The Bertz CT molecular complexity index is 1940. The number of halogens is 3. The van der Waals surface area contributed by atoms with Gasteiger partial charge in [0.1, 0.15) is 11.6 Å². The molecule has 236 valence electrons. The largest absolute Gasteiger partial charge is 0.495 e. The molecule has 1 saturated heterocycles. The first-order valence-electron chi connectivity index (χ1n) is 14.6. The van der Waals surface area contributed by atoms with Crippen molar-refractivity contribution >= 4 is 34.3 Å². The summed E-state index contributed by atoms with van der Waals surface area (Å²) in [5.41, 5.74) is 9.84. The van der Waals surface area contributed by atoms with E-state index in [1.165, 1.54) is 12.1 Å². The summed E-state index contributed by atoms with van der Waals surface area (Å²) in [6.45, 7) is 5.44. The number of nitrogens with zero attached hydrogens (tertiary/aromatic N) is 5. The van der Waals surface area contributed by atoms with Crippen LogP contribution in [0.3, 0.4) is 0 Å². The molecule has 1 amide bonds. The molecule has 46 heavy (non-hydrogen) atoms. The van der Waals surface area contributed by atoms with E-state index in [2.05, 4.69) is 37.1 Å². The number of likely N-dealkylation sites (N-methyl/N-ethyl adjacent to an activating group) is 1. The summed E-state index contributed by atoms with van der Waals surface area (Å²) in [5, 5.41) is 3.30. The monoisotopic (exact) mass is 627 g/mol. The minimum Gasteiger partial charge on any atom is -0.495 e. The molecule has 0 spiro atoms. The molecule has 2 aromatic heterocycles. The summed E-state index contributed by atoms with van der Waals surface area (Å²) >= 11 is 0. The normalized spacial score (nSPS) is 14.0. The number of fused-ring (bicyclic) bond motifs is 1. The van der Waals surface area contributed by atoms with Crippen LogP contribution in [0.4, 0.5) is 30.6 Å². The Morgan fingerprint density at radius 2 is 1.76 bits per heavy atom. The predicted octanol–water partition coefficient (Wildman–Crippen LogP) is 6.28.